The average Bonchev–Trinajstić information content (AvgIpc) is 2.58. The van der Waals surface area contributed by atoms with Gasteiger partial charge >= 0.3 is 0 Å². The molecule has 1 saturated heterocycles. The Kier molecular flexibility index (Phi) is 6.57. The number of hydrogen-bond donors (Lipinski definition) is 1. The summed E-state index contributed by atoms with van der Waals surface area (Å²) in [5.74, 6) is -0.0785. The molecule has 1 fully saturated rings. The van der Waals surface area contributed by atoms with Gasteiger partial charge in [0.1, 0.15) is 5.78 Å². The number of Topliss-reactive ketones (excluding diaryl/α,β-unsaturated/α-hetero) is 1. The van der Waals surface area contributed by atoms with E-state index in [2.05, 4.69) is 5.32 Å². The van der Waals surface area contributed by atoms with E-state index in [4.69, 9.17) is 27.9 Å². The van der Waals surface area contributed by atoms with Crippen LogP contribution in [0.4, 0.5) is 0 Å². The first kappa shape index (κ1) is 16.7. The van der Waals surface area contributed by atoms with Crippen LogP contribution in [0.15, 0.2) is 18.2 Å². The van der Waals surface area contributed by atoms with E-state index < -0.39 is 0 Å². The average molecular weight is 325 g/mol. The van der Waals surface area contributed by atoms with Gasteiger partial charge in [-0.2, -0.15) is 0 Å². The molecule has 1 N–H and O–H groups in total. The van der Waals surface area contributed by atoms with Crippen molar-refractivity contribution in [2.45, 2.75) is 13.0 Å². The molecule has 0 amide bonds. The molecule has 0 aromatic heterocycles. The Bertz CT molecular complexity index is 454. The SMILES string of the molecule is CC(=O)[C@@H]1CNCCO[C@H]1c1ccc(Cl)c(Cl)c1.Cl. The molecule has 1 aromatic rings. The van der Waals surface area contributed by atoms with Crippen LogP contribution in [0.25, 0.3) is 0 Å². The fourth-order valence-electron chi connectivity index (χ4n) is 2.11. The Morgan fingerprint density at radius 1 is 1.37 bits per heavy atom. The van der Waals surface area contributed by atoms with Crippen molar-refractivity contribution in [3.05, 3.63) is 33.8 Å². The van der Waals surface area contributed by atoms with Gasteiger partial charge in [0.25, 0.3) is 0 Å². The topological polar surface area (TPSA) is 38.3 Å². The normalized spacial score (nSPS) is 23.3. The van der Waals surface area contributed by atoms with E-state index >= 15 is 0 Å². The maximum Gasteiger partial charge on any atom is 0.137 e. The van der Waals surface area contributed by atoms with Gasteiger partial charge in [-0.15, -0.1) is 12.4 Å². The Morgan fingerprint density at radius 3 is 2.74 bits per heavy atom. The van der Waals surface area contributed by atoms with Crippen LogP contribution in [0, 0.1) is 5.92 Å². The number of nitrogens with one attached hydrogen (secondary N) is 1. The second kappa shape index (κ2) is 7.46. The maximum absolute atomic E-state index is 11.7. The quantitative estimate of drug-likeness (QED) is 0.907. The van der Waals surface area contributed by atoms with Gasteiger partial charge in [0, 0.05) is 13.1 Å². The molecule has 0 saturated carbocycles. The van der Waals surface area contributed by atoms with Gasteiger partial charge in [-0.05, 0) is 24.6 Å². The molecular weight excluding hydrogens is 309 g/mol. The van der Waals surface area contributed by atoms with Crippen molar-refractivity contribution >= 4 is 41.4 Å². The molecule has 1 aliphatic rings. The van der Waals surface area contributed by atoms with Crippen LogP contribution in [-0.4, -0.2) is 25.5 Å². The van der Waals surface area contributed by atoms with Crippen LogP contribution in [0.5, 0.6) is 0 Å². The van der Waals surface area contributed by atoms with Crippen LogP contribution >= 0.6 is 35.6 Å². The molecule has 0 aliphatic carbocycles. The van der Waals surface area contributed by atoms with Crippen molar-refractivity contribution in [3.63, 3.8) is 0 Å². The smallest absolute Gasteiger partial charge is 0.137 e. The van der Waals surface area contributed by atoms with E-state index in [1.807, 2.05) is 6.07 Å². The summed E-state index contributed by atoms with van der Waals surface area (Å²) >= 11 is 11.9. The fraction of sp³-hybridized carbons (Fsp3) is 0.462. The molecule has 6 heteroatoms. The van der Waals surface area contributed by atoms with E-state index in [0.717, 1.165) is 12.1 Å². The Hall–Kier alpha value is -0.320. The molecule has 2 rings (SSSR count). The lowest BCUT2D eigenvalue weighted by atomic mass is 9.92. The molecule has 0 unspecified atom stereocenters. The number of ether oxygens (including phenoxy) is 1. The Morgan fingerprint density at radius 2 is 2.11 bits per heavy atom. The summed E-state index contributed by atoms with van der Waals surface area (Å²) < 4.78 is 5.77. The minimum atomic E-state index is -0.257. The van der Waals surface area contributed by atoms with Crippen LogP contribution in [0.2, 0.25) is 10.0 Å². The molecule has 1 aliphatic heterocycles. The molecule has 0 radical (unpaired) electrons. The maximum atomic E-state index is 11.7. The summed E-state index contributed by atoms with van der Waals surface area (Å²) in [7, 11) is 0. The molecular formula is C13H16Cl3NO2. The summed E-state index contributed by atoms with van der Waals surface area (Å²) in [6.07, 6.45) is -0.257. The van der Waals surface area contributed by atoms with Gasteiger partial charge in [0.2, 0.25) is 0 Å². The van der Waals surface area contributed by atoms with Crippen LogP contribution in [0.1, 0.15) is 18.6 Å². The monoisotopic (exact) mass is 323 g/mol. The van der Waals surface area contributed by atoms with E-state index in [0.29, 0.717) is 23.2 Å². The van der Waals surface area contributed by atoms with Gasteiger partial charge < -0.3 is 10.1 Å². The number of halogens is 3. The first-order valence-electron chi connectivity index (χ1n) is 5.87. The third-order valence-corrected chi connectivity index (χ3v) is 3.84. The first-order valence-corrected chi connectivity index (χ1v) is 6.63. The van der Waals surface area contributed by atoms with Crippen LogP contribution in [-0.2, 0) is 9.53 Å². The number of carbonyl (C=O) groups is 1. The van der Waals surface area contributed by atoms with E-state index in [1.54, 1.807) is 19.1 Å². The number of rotatable bonds is 2. The van der Waals surface area contributed by atoms with Gasteiger partial charge in [-0.1, -0.05) is 29.3 Å². The molecule has 1 heterocycles. The number of benzene rings is 1. The summed E-state index contributed by atoms with van der Waals surface area (Å²) in [6, 6.07) is 5.37. The zero-order valence-electron chi connectivity index (χ0n) is 10.5. The highest BCUT2D eigenvalue weighted by Gasteiger charge is 2.29. The van der Waals surface area contributed by atoms with Gasteiger partial charge in [0.15, 0.2) is 0 Å². The molecule has 3 nitrogen and oxygen atoms in total. The fourth-order valence-corrected chi connectivity index (χ4v) is 2.42. The number of carbonyl (C=O) groups excluding carboxylic acids is 1. The van der Waals surface area contributed by atoms with Crippen molar-refractivity contribution in [3.8, 4) is 0 Å². The highest BCUT2D eigenvalue weighted by atomic mass is 35.5. The van der Waals surface area contributed by atoms with E-state index in [9.17, 15) is 4.79 Å². The summed E-state index contributed by atoms with van der Waals surface area (Å²) in [5.41, 5.74) is 0.897. The van der Waals surface area contributed by atoms with Gasteiger partial charge in [-0.25, -0.2) is 0 Å². The molecule has 2 atom stereocenters. The van der Waals surface area contributed by atoms with Gasteiger partial charge in [-0.3, -0.25) is 4.79 Å². The van der Waals surface area contributed by atoms with Crippen molar-refractivity contribution in [1.29, 1.82) is 0 Å². The third kappa shape index (κ3) is 4.07. The van der Waals surface area contributed by atoms with Crippen molar-refractivity contribution in [2.75, 3.05) is 19.7 Å². The summed E-state index contributed by atoms with van der Waals surface area (Å²) in [6.45, 7) is 3.54. The summed E-state index contributed by atoms with van der Waals surface area (Å²) in [4.78, 5) is 11.7. The summed E-state index contributed by atoms with van der Waals surface area (Å²) in [5, 5.41) is 4.19. The number of ketones is 1. The standard InChI is InChI=1S/C13H15Cl2NO2.ClH/c1-8(17)10-7-16-4-5-18-13(10)9-2-3-11(14)12(15)6-9;/h2-3,6,10,13,16H,4-5,7H2,1H3;1H/t10-,13-;/m0./s1. The molecule has 1 aromatic carbocycles. The van der Waals surface area contributed by atoms with E-state index in [-0.39, 0.29) is 30.2 Å². The Labute approximate surface area is 129 Å². The molecule has 0 spiro atoms. The van der Waals surface area contributed by atoms with Crippen molar-refractivity contribution in [2.24, 2.45) is 5.92 Å². The van der Waals surface area contributed by atoms with Gasteiger partial charge in [0.05, 0.1) is 28.7 Å². The molecule has 19 heavy (non-hydrogen) atoms. The zero-order chi connectivity index (χ0) is 13.1. The zero-order valence-corrected chi connectivity index (χ0v) is 12.8. The minimum absolute atomic E-state index is 0. The largest absolute Gasteiger partial charge is 0.371 e. The van der Waals surface area contributed by atoms with Crippen LogP contribution < -0.4 is 5.32 Å². The first-order chi connectivity index (χ1) is 8.59. The van der Waals surface area contributed by atoms with Crippen molar-refractivity contribution in [1.82, 2.24) is 5.32 Å². The third-order valence-electron chi connectivity index (χ3n) is 3.10. The Balaban J connectivity index is 0.00000180. The predicted octanol–water partition coefficient (Wildman–Crippen LogP) is 3.28. The van der Waals surface area contributed by atoms with Crippen molar-refractivity contribution < 1.29 is 9.53 Å². The lowest BCUT2D eigenvalue weighted by Gasteiger charge is -2.23. The number of hydrogen-bond acceptors (Lipinski definition) is 3. The molecule has 106 valence electrons. The lowest BCUT2D eigenvalue weighted by molar-refractivity contribution is -0.125. The second-order valence-electron chi connectivity index (χ2n) is 4.39. The van der Waals surface area contributed by atoms with E-state index in [1.165, 1.54) is 0 Å². The predicted molar refractivity (Wildman–Crippen MR) is 79.4 cm³/mol. The highest BCUT2D eigenvalue weighted by molar-refractivity contribution is 6.42. The lowest BCUT2D eigenvalue weighted by Crippen LogP contribution is -2.29. The van der Waals surface area contributed by atoms with Crippen LogP contribution in [0.3, 0.4) is 0 Å². The minimum Gasteiger partial charge on any atom is -0.371 e. The second-order valence-corrected chi connectivity index (χ2v) is 5.20. The highest BCUT2D eigenvalue weighted by Crippen LogP contribution is 2.32. The molecule has 0 bridgehead atoms.